The fourth-order valence-corrected chi connectivity index (χ4v) is 2.07. The van der Waals surface area contributed by atoms with Crippen molar-refractivity contribution >= 4 is 5.96 Å². The number of ether oxygens (including phenoxy) is 1. The minimum Gasteiger partial charge on any atom is -0.493 e. The number of nitrogens with one attached hydrogen (secondary N) is 2. The molecule has 122 valence electrons. The number of hydrogen-bond acceptors (Lipinski definition) is 2. The number of nitrogens with zero attached hydrogens (tertiary/aromatic N) is 1. The molecule has 0 atom stereocenters. The Labute approximate surface area is 134 Å². The predicted octanol–water partition coefficient (Wildman–Crippen LogP) is 3.19. The van der Waals surface area contributed by atoms with Gasteiger partial charge in [-0.25, -0.2) is 4.99 Å². The highest BCUT2D eigenvalue weighted by Crippen LogP contribution is 2.30. The van der Waals surface area contributed by atoms with Crippen LogP contribution in [0.4, 0.5) is 0 Å². The molecule has 22 heavy (non-hydrogen) atoms. The van der Waals surface area contributed by atoms with E-state index in [0.29, 0.717) is 12.5 Å². The van der Waals surface area contributed by atoms with Gasteiger partial charge in [0.05, 0.1) is 13.2 Å². The van der Waals surface area contributed by atoms with Gasteiger partial charge in [0.2, 0.25) is 0 Å². The van der Waals surface area contributed by atoms with E-state index in [0.717, 1.165) is 42.9 Å². The summed E-state index contributed by atoms with van der Waals surface area (Å²) in [7, 11) is 0. The monoisotopic (exact) mass is 303 g/mol. The van der Waals surface area contributed by atoms with Crippen molar-refractivity contribution in [3.05, 3.63) is 29.8 Å². The lowest BCUT2D eigenvalue weighted by Crippen LogP contribution is -2.39. The van der Waals surface area contributed by atoms with Crippen LogP contribution in [0.25, 0.3) is 0 Å². The lowest BCUT2D eigenvalue weighted by molar-refractivity contribution is 0.297. The molecule has 1 aliphatic carbocycles. The Balaban J connectivity index is 1.95. The van der Waals surface area contributed by atoms with Gasteiger partial charge in [-0.05, 0) is 37.7 Å². The van der Waals surface area contributed by atoms with Gasteiger partial charge in [-0.15, -0.1) is 0 Å². The van der Waals surface area contributed by atoms with Crippen molar-refractivity contribution in [1.82, 2.24) is 10.6 Å². The van der Waals surface area contributed by atoms with Crippen LogP contribution >= 0.6 is 0 Å². The van der Waals surface area contributed by atoms with Gasteiger partial charge in [0.15, 0.2) is 5.96 Å². The molecule has 0 heterocycles. The van der Waals surface area contributed by atoms with Gasteiger partial charge in [0, 0.05) is 18.7 Å². The Bertz CT molecular complexity index is 481. The van der Waals surface area contributed by atoms with Gasteiger partial charge in [-0.3, -0.25) is 0 Å². The molecule has 4 heteroatoms. The zero-order valence-electron chi connectivity index (χ0n) is 14.1. The smallest absolute Gasteiger partial charge is 0.191 e. The molecule has 0 aromatic heterocycles. The molecule has 2 rings (SSSR count). The maximum absolute atomic E-state index is 5.94. The molecular weight excluding hydrogens is 274 g/mol. The average Bonchev–Trinajstić information content (AvgIpc) is 3.33. The first-order valence-corrected chi connectivity index (χ1v) is 8.42. The zero-order valence-corrected chi connectivity index (χ0v) is 14.1. The summed E-state index contributed by atoms with van der Waals surface area (Å²) in [6.45, 7) is 9.73. The second-order valence-electron chi connectivity index (χ2n) is 6.33. The third kappa shape index (κ3) is 5.96. The van der Waals surface area contributed by atoms with E-state index >= 15 is 0 Å². The van der Waals surface area contributed by atoms with E-state index in [1.54, 1.807) is 0 Å². The quantitative estimate of drug-likeness (QED) is 0.573. The summed E-state index contributed by atoms with van der Waals surface area (Å²) in [5.74, 6) is 3.20. The van der Waals surface area contributed by atoms with Gasteiger partial charge in [0.25, 0.3) is 0 Å². The first-order valence-electron chi connectivity index (χ1n) is 8.42. The molecule has 0 unspecified atom stereocenters. The molecule has 1 saturated carbocycles. The van der Waals surface area contributed by atoms with Crippen LogP contribution in [0.15, 0.2) is 29.3 Å². The molecule has 2 N–H and O–H groups in total. The van der Waals surface area contributed by atoms with Gasteiger partial charge < -0.3 is 15.4 Å². The van der Waals surface area contributed by atoms with Crippen LogP contribution in [0, 0.1) is 11.8 Å². The summed E-state index contributed by atoms with van der Waals surface area (Å²) in [4.78, 5) is 4.67. The lowest BCUT2D eigenvalue weighted by atomic mass is 10.2. The highest BCUT2D eigenvalue weighted by atomic mass is 16.5. The predicted molar refractivity (Wildman–Crippen MR) is 92.3 cm³/mol. The molecule has 0 saturated heterocycles. The van der Waals surface area contributed by atoms with Crippen molar-refractivity contribution in [3.63, 3.8) is 0 Å². The Hall–Kier alpha value is -1.71. The van der Waals surface area contributed by atoms with E-state index in [9.17, 15) is 0 Å². The molecule has 1 aliphatic rings. The number of guanidine groups is 1. The van der Waals surface area contributed by atoms with Gasteiger partial charge in [-0.1, -0.05) is 32.0 Å². The van der Waals surface area contributed by atoms with E-state index in [4.69, 9.17) is 4.74 Å². The topological polar surface area (TPSA) is 45.7 Å². The number of rotatable bonds is 8. The van der Waals surface area contributed by atoms with Crippen molar-refractivity contribution in [1.29, 1.82) is 0 Å². The molecule has 4 nitrogen and oxygen atoms in total. The Morgan fingerprint density at radius 1 is 1.27 bits per heavy atom. The van der Waals surface area contributed by atoms with Crippen LogP contribution in [0.3, 0.4) is 0 Å². The molecule has 0 aliphatic heterocycles. The number of para-hydroxylation sites is 1. The normalized spacial score (nSPS) is 15.0. The summed E-state index contributed by atoms with van der Waals surface area (Å²) >= 11 is 0. The second-order valence-corrected chi connectivity index (χ2v) is 6.33. The Morgan fingerprint density at radius 2 is 2.05 bits per heavy atom. The average molecular weight is 303 g/mol. The highest BCUT2D eigenvalue weighted by Gasteiger charge is 2.22. The summed E-state index contributed by atoms with van der Waals surface area (Å²) in [5.41, 5.74) is 1.14. The molecule has 0 spiro atoms. The largest absolute Gasteiger partial charge is 0.493 e. The fraction of sp³-hybridized carbons (Fsp3) is 0.611. The fourth-order valence-electron chi connectivity index (χ4n) is 2.07. The van der Waals surface area contributed by atoms with E-state index in [-0.39, 0.29) is 0 Å². The zero-order chi connectivity index (χ0) is 15.8. The molecule has 1 fully saturated rings. The van der Waals surface area contributed by atoms with Crippen molar-refractivity contribution in [2.45, 2.75) is 40.2 Å². The molecule has 0 bridgehead atoms. The third-order valence-electron chi connectivity index (χ3n) is 3.57. The van der Waals surface area contributed by atoms with Gasteiger partial charge >= 0.3 is 0 Å². The third-order valence-corrected chi connectivity index (χ3v) is 3.57. The molecule has 1 aromatic carbocycles. The SMILES string of the molecule is CCNC(=NCc1ccccc1OCC1CC1)NCC(C)C. The van der Waals surface area contributed by atoms with Crippen molar-refractivity contribution < 1.29 is 4.74 Å². The van der Waals surface area contributed by atoms with Crippen LogP contribution in [0.5, 0.6) is 5.75 Å². The van der Waals surface area contributed by atoms with E-state index in [2.05, 4.69) is 42.5 Å². The van der Waals surface area contributed by atoms with Gasteiger partial charge in [0.1, 0.15) is 5.75 Å². The van der Waals surface area contributed by atoms with E-state index in [1.807, 2.05) is 18.2 Å². The molecule has 0 amide bonds. The lowest BCUT2D eigenvalue weighted by Gasteiger charge is -2.14. The van der Waals surface area contributed by atoms with Crippen LogP contribution in [0.1, 0.15) is 39.2 Å². The number of aliphatic imine (C=N–C) groups is 1. The minimum absolute atomic E-state index is 0.595. The molecular formula is C18H29N3O. The summed E-state index contributed by atoms with van der Waals surface area (Å²) < 4.78 is 5.94. The van der Waals surface area contributed by atoms with Crippen molar-refractivity contribution in [3.8, 4) is 5.75 Å². The van der Waals surface area contributed by atoms with E-state index in [1.165, 1.54) is 12.8 Å². The summed E-state index contributed by atoms with van der Waals surface area (Å²) in [6, 6.07) is 8.21. The van der Waals surface area contributed by atoms with E-state index < -0.39 is 0 Å². The number of hydrogen-bond donors (Lipinski definition) is 2. The summed E-state index contributed by atoms with van der Waals surface area (Å²) in [6.07, 6.45) is 2.62. The van der Waals surface area contributed by atoms with Crippen LogP contribution < -0.4 is 15.4 Å². The minimum atomic E-state index is 0.595. The molecule has 0 radical (unpaired) electrons. The number of benzene rings is 1. The van der Waals surface area contributed by atoms with Crippen molar-refractivity contribution in [2.75, 3.05) is 19.7 Å². The Kier molecular flexibility index (Phi) is 6.56. The second kappa shape index (κ2) is 8.66. The standard InChI is InChI=1S/C18H29N3O/c1-4-19-18(20-11-14(2)3)21-12-16-7-5-6-8-17(16)22-13-15-9-10-15/h5-8,14-15H,4,9-13H2,1-3H3,(H2,19,20,21). The highest BCUT2D eigenvalue weighted by molar-refractivity contribution is 5.79. The van der Waals surface area contributed by atoms with Crippen molar-refractivity contribution in [2.24, 2.45) is 16.8 Å². The van der Waals surface area contributed by atoms with Crippen LogP contribution in [0.2, 0.25) is 0 Å². The summed E-state index contributed by atoms with van der Waals surface area (Å²) in [5, 5.41) is 6.65. The Morgan fingerprint density at radius 3 is 2.73 bits per heavy atom. The maximum atomic E-state index is 5.94. The first-order chi connectivity index (χ1) is 10.7. The van der Waals surface area contributed by atoms with Gasteiger partial charge in [-0.2, -0.15) is 0 Å². The molecule has 1 aromatic rings. The van der Waals surface area contributed by atoms with Crippen LogP contribution in [-0.2, 0) is 6.54 Å². The first kappa shape index (κ1) is 16.7. The maximum Gasteiger partial charge on any atom is 0.191 e. The van der Waals surface area contributed by atoms with Crippen LogP contribution in [-0.4, -0.2) is 25.7 Å².